The van der Waals surface area contributed by atoms with Crippen molar-refractivity contribution < 1.29 is 14.6 Å². The quantitative estimate of drug-likeness (QED) is 0.840. The van der Waals surface area contributed by atoms with E-state index in [2.05, 4.69) is 10.3 Å². The highest BCUT2D eigenvalue weighted by Gasteiger charge is 2.20. The van der Waals surface area contributed by atoms with Gasteiger partial charge in [0.2, 0.25) is 0 Å². The van der Waals surface area contributed by atoms with Crippen LogP contribution in [0.25, 0.3) is 0 Å². The number of nitrogens with one attached hydrogen (secondary N) is 1. The summed E-state index contributed by atoms with van der Waals surface area (Å²) in [5, 5.41) is 13.7. The van der Waals surface area contributed by atoms with Gasteiger partial charge >= 0.3 is 0 Å². The third-order valence-corrected chi connectivity index (χ3v) is 4.56. The first-order valence-corrected chi connectivity index (χ1v) is 8.93. The molecule has 0 bridgehead atoms. The molecule has 0 spiro atoms. The van der Waals surface area contributed by atoms with Gasteiger partial charge in [0.05, 0.1) is 29.9 Å². The SMILES string of the molecule is Cc1cccc(C(O)CNc2ncc(C(=O)N3CCOCC3)cc2Cl)c1. The molecule has 6 nitrogen and oxygen atoms in total. The van der Waals surface area contributed by atoms with E-state index in [1.54, 1.807) is 11.0 Å². The number of aliphatic hydroxyl groups is 1. The van der Waals surface area contributed by atoms with Crippen LogP contribution >= 0.6 is 11.6 Å². The van der Waals surface area contributed by atoms with Crippen LogP contribution in [0.5, 0.6) is 0 Å². The molecule has 1 saturated heterocycles. The summed E-state index contributed by atoms with van der Waals surface area (Å²) in [5.41, 5.74) is 2.36. The van der Waals surface area contributed by atoms with Crippen molar-refractivity contribution in [1.82, 2.24) is 9.88 Å². The topological polar surface area (TPSA) is 74.7 Å². The summed E-state index contributed by atoms with van der Waals surface area (Å²) in [5.74, 6) is 0.339. The summed E-state index contributed by atoms with van der Waals surface area (Å²) in [6.45, 7) is 4.48. The first-order chi connectivity index (χ1) is 12.5. The van der Waals surface area contributed by atoms with Crippen molar-refractivity contribution in [1.29, 1.82) is 0 Å². The fourth-order valence-electron chi connectivity index (χ4n) is 2.82. The van der Waals surface area contributed by atoms with E-state index in [9.17, 15) is 9.90 Å². The summed E-state index contributed by atoms with van der Waals surface area (Å²) < 4.78 is 5.26. The van der Waals surface area contributed by atoms with E-state index in [0.29, 0.717) is 42.7 Å². The van der Waals surface area contributed by atoms with Crippen LogP contribution < -0.4 is 5.32 Å². The van der Waals surface area contributed by atoms with Gasteiger partial charge in [-0.25, -0.2) is 4.98 Å². The van der Waals surface area contributed by atoms with Gasteiger partial charge in [-0.3, -0.25) is 4.79 Å². The highest BCUT2D eigenvalue weighted by Crippen LogP contribution is 2.23. The lowest BCUT2D eigenvalue weighted by Gasteiger charge is -2.26. The van der Waals surface area contributed by atoms with E-state index < -0.39 is 6.10 Å². The van der Waals surface area contributed by atoms with Crippen LogP contribution in [0.4, 0.5) is 5.82 Å². The van der Waals surface area contributed by atoms with E-state index in [0.717, 1.165) is 11.1 Å². The number of halogens is 1. The monoisotopic (exact) mass is 375 g/mol. The largest absolute Gasteiger partial charge is 0.387 e. The van der Waals surface area contributed by atoms with Crippen molar-refractivity contribution in [2.45, 2.75) is 13.0 Å². The molecular weight excluding hydrogens is 354 g/mol. The van der Waals surface area contributed by atoms with Crippen LogP contribution in [-0.4, -0.2) is 53.7 Å². The summed E-state index contributed by atoms with van der Waals surface area (Å²) in [4.78, 5) is 18.4. The average molecular weight is 376 g/mol. The van der Waals surface area contributed by atoms with Gasteiger partial charge in [0.25, 0.3) is 5.91 Å². The summed E-state index contributed by atoms with van der Waals surface area (Å²) in [7, 11) is 0. The number of carbonyl (C=O) groups excluding carboxylic acids is 1. The van der Waals surface area contributed by atoms with Crippen molar-refractivity contribution in [2.24, 2.45) is 0 Å². The van der Waals surface area contributed by atoms with E-state index in [1.165, 1.54) is 6.20 Å². The number of amides is 1. The van der Waals surface area contributed by atoms with Crippen molar-refractivity contribution >= 4 is 23.3 Å². The van der Waals surface area contributed by atoms with Crippen LogP contribution in [-0.2, 0) is 4.74 Å². The summed E-state index contributed by atoms with van der Waals surface area (Å²) in [6.07, 6.45) is 0.827. The number of morpholine rings is 1. The molecule has 1 unspecified atom stereocenters. The molecule has 1 aliphatic rings. The predicted molar refractivity (Wildman–Crippen MR) is 101 cm³/mol. The number of carbonyl (C=O) groups is 1. The fourth-order valence-corrected chi connectivity index (χ4v) is 3.06. The van der Waals surface area contributed by atoms with Gasteiger partial charge in [-0.05, 0) is 18.6 Å². The fraction of sp³-hybridized carbons (Fsp3) is 0.368. The van der Waals surface area contributed by atoms with Crippen LogP contribution in [0.1, 0.15) is 27.6 Å². The smallest absolute Gasteiger partial charge is 0.255 e. The molecule has 2 N–H and O–H groups in total. The molecule has 0 saturated carbocycles. The number of anilines is 1. The summed E-state index contributed by atoms with van der Waals surface area (Å²) in [6, 6.07) is 9.30. The van der Waals surface area contributed by atoms with Gasteiger partial charge in [-0.1, -0.05) is 41.4 Å². The molecule has 1 fully saturated rings. The molecule has 1 aromatic carbocycles. The Hall–Kier alpha value is -2.15. The van der Waals surface area contributed by atoms with E-state index in [-0.39, 0.29) is 12.5 Å². The lowest BCUT2D eigenvalue weighted by molar-refractivity contribution is 0.0302. The first kappa shape index (κ1) is 18.6. The van der Waals surface area contributed by atoms with E-state index in [1.807, 2.05) is 31.2 Å². The van der Waals surface area contributed by atoms with Crippen molar-refractivity contribution in [2.75, 3.05) is 38.2 Å². The molecule has 2 aromatic rings. The van der Waals surface area contributed by atoms with Crippen LogP contribution in [0.2, 0.25) is 5.02 Å². The molecule has 138 valence electrons. The Bertz CT molecular complexity index is 778. The minimum absolute atomic E-state index is 0.103. The molecule has 7 heteroatoms. The van der Waals surface area contributed by atoms with Crippen LogP contribution in [0.3, 0.4) is 0 Å². The zero-order valence-corrected chi connectivity index (χ0v) is 15.4. The highest BCUT2D eigenvalue weighted by molar-refractivity contribution is 6.33. The van der Waals surface area contributed by atoms with Crippen molar-refractivity contribution in [3.05, 3.63) is 58.2 Å². The number of ether oxygens (including phenoxy) is 1. The maximum Gasteiger partial charge on any atom is 0.255 e. The molecule has 1 amide bonds. The van der Waals surface area contributed by atoms with Crippen LogP contribution in [0, 0.1) is 6.92 Å². The standard InChI is InChI=1S/C19H22ClN3O3/c1-13-3-2-4-14(9-13)17(24)12-22-18-16(20)10-15(11-21-18)19(25)23-5-7-26-8-6-23/h2-4,9-11,17,24H,5-8,12H2,1H3,(H,21,22). The number of pyridine rings is 1. The van der Waals surface area contributed by atoms with Gasteiger partial charge in [-0.15, -0.1) is 0 Å². The third kappa shape index (κ3) is 4.52. The van der Waals surface area contributed by atoms with Gasteiger partial charge in [0, 0.05) is 25.8 Å². The zero-order chi connectivity index (χ0) is 18.5. The molecule has 0 aliphatic carbocycles. The second-order valence-corrected chi connectivity index (χ2v) is 6.68. The second-order valence-electron chi connectivity index (χ2n) is 6.27. The Labute approximate surface area is 157 Å². The molecule has 2 heterocycles. The van der Waals surface area contributed by atoms with Crippen molar-refractivity contribution in [3.8, 4) is 0 Å². The Morgan fingerprint density at radius 1 is 1.38 bits per heavy atom. The number of aromatic nitrogens is 1. The minimum atomic E-state index is -0.678. The number of hydrogen-bond donors (Lipinski definition) is 2. The Morgan fingerprint density at radius 3 is 2.85 bits per heavy atom. The number of nitrogens with zero attached hydrogens (tertiary/aromatic N) is 2. The number of benzene rings is 1. The highest BCUT2D eigenvalue weighted by atomic mass is 35.5. The molecule has 1 aliphatic heterocycles. The number of hydrogen-bond acceptors (Lipinski definition) is 5. The normalized spacial score (nSPS) is 15.6. The number of aryl methyl sites for hydroxylation is 1. The maximum absolute atomic E-state index is 12.5. The molecule has 1 aromatic heterocycles. The van der Waals surface area contributed by atoms with Crippen molar-refractivity contribution in [3.63, 3.8) is 0 Å². The van der Waals surface area contributed by atoms with Gasteiger partial charge < -0.3 is 20.1 Å². The average Bonchev–Trinajstić information content (AvgIpc) is 2.67. The van der Waals surface area contributed by atoms with E-state index >= 15 is 0 Å². The van der Waals surface area contributed by atoms with Gasteiger partial charge in [-0.2, -0.15) is 0 Å². The molecule has 26 heavy (non-hydrogen) atoms. The predicted octanol–water partition coefficient (Wildman–Crippen LogP) is 2.66. The lowest BCUT2D eigenvalue weighted by atomic mass is 10.1. The van der Waals surface area contributed by atoms with Crippen LogP contribution in [0.15, 0.2) is 36.5 Å². The lowest BCUT2D eigenvalue weighted by Crippen LogP contribution is -2.40. The van der Waals surface area contributed by atoms with E-state index in [4.69, 9.17) is 16.3 Å². The third-order valence-electron chi connectivity index (χ3n) is 4.28. The van der Waals surface area contributed by atoms with Gasteiger partial charge in [0.15, 0.2) is 0 Å². The zero-order valence-electron chi connectivity index (χ0n) is 14.6. The number of rotatable bonds is 5. The molecule has 0 radical (unpaired) electrons. The van der Waals surface area contributed by atoms with Gasteiger partial charge in [0.1, 0.15) is 5.82 Å². The Morgan fingerprint density at radius 2 is 2.15 bits per heavy atom. The second kappa shape index (κ2) is 8.49. The first-order valence-electron chi connectivity index (χ1n) is 8.55. The Balaban J connectivity index is 1.63. The molecule has 1 atom stereocenters. The maximum atomic E-state index is 12.5. The molecular formula is C19H22ClN3O3. The molecule has 3 rings (SSSR count). The number of aliphatic hydroxyl groups excluding tert-OH is 1. The summed E-state index contributed by atoms with van der Waals surface area (Å²) >= 11 is 6.27. The Kier molecular flexibility index (Phi) is 6.08. The minimum Gasteiger partial charge on any atom is -0.387 e.